The van der Waals surface area contributed by atoms with Gasteiger partial charge in [-0.25, -0.2) is 4.98 Å². The molecular weight excluding hydrogens is 282 g/mol. The van der Waals surface area contributed by atoms with Gasteiger partial charge in [-0.15, -0.1) is 0 Å². The van der Waals surface area contributed by atoms with Crippen molar-refractivity contribution in [1.29, 1.82) is 0 Å². The van der Waals surface area contributed by atoms with Gasteiger partial charge in [0, 0.05) is 10.9 Å². The van der Waals surface area contributed by atoms with Gasteiger partial charge in [-0.3, -0.25) is 10.1 Å². The molecule has 110 valence electrons. The molecule has 0 fully saturated rings. The molecule has 0 spiro atoms. The Morgan fingerprint density at radius 2 is 1.82 bits per heavy atom. The number of nitrogens with two attached hydrogens (primary N) is 1. The van der Waals surface area contributed by atoms with Crippen LogP contribution in [0.2, 0.25) is 0 Å². The minimum atomic E-state index is -0.492. The standard InChI is InChI=1S/C16H13N3O3/c1-22-11-8-6-10(7-9-11)15-16(19(20)21)14(17)12-4-2-3-5-13(12)18-15/h2-9H,1H3,(H2,17,18). The van der Waals surface area contributed by atoms with Crippen molar-refractivity contribution < 1.29 is 9.66 Å². The van der Waals surface area contributed by atoms with Gasteiger partial charge in [0.2, 0.25) is 0 Å². The summed E-state index contributed by atoms with van der Waals surface area (Å²) in [4.78, 5) is 15.4. The molecule has 3 rings (SSSR count). The van der Waals surface area contributed by atoms with E-state index in [0.29, 0.717) is 22.2 Å². The fraction of sp³-hybridized carbons (Fsp3) is 0.0625. The number of nitrogens with zero attached hydrogens (tertiary/aromatic N) is 2. The molecule has 0 saturated heterocycles. The van der Waals surface area contributed by atoms with Gasteiger partial charge >= 0.3 is 5.69 Å². The monoisotopic (exact) mass is 295 g/mol. The molecule has 0 amide bonds. The minimum Gasteiger partial charge on any atom is -0.497 e. The zero-order chi connectivity index (χ0) is 15.7. The second-order valence-corrected chi connectivity index (χ2v) is 4.73. The fourth-order valence-electron chi connectivity index (χ4n) is 2.36. The number of para-hydroxylation sites is 1. The number of pyridine rings is 1. The van der Waals surface area contributed by atoms with E-state index in [1.807, 2.05) is 6.07 Å². The van der Waals surface area contributed by atoms with Crippen LogP contribution in [0.25, 0.3) is 22.2 Å². The summed E-state index contributed by atoms with van der Waals surface area (Å²) < 4.78 is 5.10. The van der Waals surface area contributed by atoms with Gasteiger partial charge in [-0.2, -0.15) is 0 Å². The average molecular weight is 295 g/mol. The number of benzene rings is 2. The van der Waals surface area contributed by atoms with Crippen LogP contribution in [0.3, 0.4) is 0 Å². The Morgan fingerprint density at radius 3 is 2.45 bits per heavy atom. The first-order valence-corrected chi connectivity index (χ1v) is 6.59. The van der Waals surface area contributed by atoms with E-state index < -0.39 is 4.92 Å². The Hall–Kier alpha value is -3.15. The van der Waals surface area contributed by atoms with Gasteiger partial charge in [0.15, 0.2) is 5.69 Å². The lowest BCUT2D eigenvalue weighted by Gasteiger charge is -2.09. The second-order valence-electron chi connectivity index (χ2n) is 4.73. The summed E-state index contributed by atoms with van der Waals surface area (Å²) in [5.74, 6) is 0.667. The highest BCUT2D eigenvalue weighted by Gasteiger charge is 2.23. The number of rotatable bonds is 3. The molecule has 0 bridgehead atoms. The molecule has 0 saturated carbocycles. The average Bonchev–Trinajstić information content (AvgIpc) is 2.54. The van der Waals surface area contributed by atoms with Crippen LogP contribution < -0.4 is 10.5 Å². The molecule has 0 aliphatic carbocycles. The number of hydrogen-bond donors (Lipinski definition) is 1. The number of methoxy groups -OCH3 is 1. The summed E-state index contributed by atoms with van der Waals surface area (Å²) in [5, 5.41) is 12.0. The van der Waals surface area contributed by atoms with E-state index in [4.69, 9.17) is 10.5 Å². The summed E-state index contributed by atoms with van der Waals surface area (Å²) >= 11 is 0. The normalized spacial score (nSPS) is 10.6. The fourth-order valence-corrected chi connectivity index (χ4v) is 2.36. The van der Waals surface area contributed by atoms with Crippen molar-refractivity contribution in [2.24, 2.45) is 0 Å². The predicted molar refractivity (Wildman–Crippen MR) is 84.8 cm³/mol. The van der Waals surface area contributed by atoms with Crippen LogP contribution in [0.4, 0.5) is 11.4 Å². The molecular formula is C16H13N3O3. The first-order chi connectivity index (χ1) is 10.6. The van der Waals surface area contributed by atoms with Crippen molar-refractivity contribution in [2.45, 2.75) is 0 Å². The zero-order valence-corrected chi connectivity index (χ0v) is 11.8. The third-order valence-corrected chi connectivity index (χ3v) is 3.45. The van der Waals surface area contributed by atoms with E-state index in [1.54, 1.807) is 49.6 Å². The van der Waals surface area contributed by atoms with E-state index in [-0.39, 0.29) is 17.1 Å². The maximum Gasteiger partial charge on any atom is 0.318 e. The van der Waals surface area contributed by atoms with Gasteiger partial charge in [-0.1, -0.05) is 18.2 Å². The largest absolute Gasteiger partial charge is 0.497 e. The van der Waals surface area contributed by atoms with Crippen molar-refractivity contribution in [3.05, 3.63) is 58.6 Å². The highest BCUT2D eigenvalue weighted by molar-refractivity contribution is 5.99. The van der Waals surface area contributed by atoms with Crippen LogP contribution in [0.5, 0.6) is 5.75 Å². The lowest BCUT2D eigenvalue weighted by molar-refractivity contribution is -0.383. The number of fused-ring (bicyclic) bond motifs is 1. The van der Waals surface area contributed by atoms with Crippen molar-refractivity contribution in [2.75, 3.05) is 12.8 Å². The quantitative estimate of drug-likeness (QED) is 0.590. The molecule has 1 aromatic heterocycles. The predicted octanol–water partition coefficient (Wildman–Crippen LogP) is 3.40. The third-order valence-electron chi connectivity index (χ3n) is 3.45. The van der Waals surface area contributed by atoms with Gasteiger partial charge in [0.1, 0.15) is 11.4 Å². The number of anilines is 1. The van der Waals surface area contributed by atoms with Crippen LogP contribution in [-0.4, -0.2) is 17.0 Å². The summed E-state index contributed by atoms with van der Waals surface area (Å²) in [6.07, 6.45) is 0. The lowest BCUT2D eigenvalue weighted by Crippen LogP contribution is -2.02. The number of aromatic nitrogens is 1. The molecule has 2 N–H and O–H groups in total. The Labute approximate surface area is 126 Å². The van der Waals surface area contributed by atoms with Crippen LogP contribution in [-0.2, 0) is 0 Å². The van der Waals surface area contributed by atoms with E-state index in [9.17, 15) is 10.1 Å². The Bertz CT molecular complexity index is 860. The topological polar surface area (TPSA) is 91.3 Å². The first kappa shape index (κ1) is 13.8. The van der Waals surface area contributed by atoms with E-state index in [1.165, 1.54) is 0 Å². The molecule has 0 aliphatic heterocycles. The second kappa shape index (κ2) is 5.33. The smallest absolute Gasteiger partial charge is 0.318 e. The summed E-state index contributed by atoms with van der Waals surface area (Å²) in [7, 11) is 1.56. The molecule has 0 unspecified atom stereocenters. The molecule has 0 aliphatic rings. The first-order valence-electron chi connectivity index (χ1n) is 6.59. The minimum absolute atomic E-state index is 0.126. The molecule has 22 heavy (non-hydrogen) atoms. The molecule has 0 radical (unpaired) electrons. The molecule has 2 aromatic carbocycles. The van der Waals surface area contributed by atoms with Gasteiger partial charge < -0.3 is 10.5 Å². The summed E-state index contributed by atoms with van der Waals surface area (Å²) in [5.41, 5.74) is 7.45. The highest BCUT2D eigenvalue weighted by Crippen LogP contribution is 2.38. The summed E-state index contributed by atoms with van der Waals surface area (Å²) in [6.45, 7) is 0. The van der Waals surface area contributed by atoms with Gasteiger partial charge in [0.25, 0.3) is 0 Å². The Balaban J connectivity index is 2.31. The van der Waals surface area contributed by atoms with Crippen molar-refractivity contribution >= 4 is 22.3 Å². The van der Waals surface area contributed by atoms with Crippen LogP contribution >= 0.6 is 0 Å². The number of ether oxygens (including phenoxy) is 1. The molecule has 1 heterocycles. The number of nitrogen functional groups attached to an aromatic ring is 1. The maximum absolute atomic E-state index is 11.4. The summed E-state index contributed by atoms with van der Waals surface area (Å²) in [6, 6.07) is 14.0. The number of hydrogen-bond acceptors (Lipinski definition) is 5. The molecule has 6 nitrogen and oxygen atoms in total. The zero-order valence-electron chi connectivity index (χ0n) is 11.8. The van der Waals surface area contributed by atoms with Crippen LogP contribution in [0, 0.1) is 10.1 Å². The van der Waals surface area contributed by atoms with Crippen LogP contribution in [0.15, 0.2) is 48.5 Å². The number of nitro groups is 1. The van der Waals surface area contributed by atoms with Crippen molar-refractivity contribution in [3.63, 3.8) is 0 Å². The molecule has 3 aromatic rings. The Morgan fingerprint density at radius 1 is 1.14 bits per heavy atom. The SMILES string of the molecule is COc1ccc(-c2nc3ccccc3c(N)c2[N+](=O)[O-])cc1. The van der Waals surface area contributed by atoms with Crippen molar-refractivity contribution in [3.8, 4) is 17.0 Å². The van der Waals surface area contributed by atoms with Crippen molar-refractivity contribution in [1.82, 2.24) is 4.98 Å². The molecule has 6 heteroatoms. The van der Waals surface area contributed by atoms with E-state index in [2.05, 4.69) is 4.98 Å². The highest BCUT2D eigenvalue weighted by atomic mass is 16.6. The van der Waals surface area contributed by atoms with E-state index >= 15 is 0 Å². The maximum atomic E-state index is 11.4. The van der Waals surface area contributed by atoms with E-state index in [0.717, 1.165) is 0 Å². The third kappa shape index (κ3) is 2.20. The Kier molecular flexibility index (Phi) is 3.34. The molecule has 0 atom stereocenters. The van der Waals surface area contributed by atoms with Gasteiger partial charge in [0.05, 0.1) is 17.5 Å². The van der Waals surface area contributed by atoms with Crippen LogP contribution in [0.1, 0.15) is 0 Å². The lowest BCUT2D eigenvalue weighted by atomic mass is 10.1. The van der Waals surface area contributed by atoms with Gasteiger partial charge in [-0.05, 0) is 30.3 Å².